The molecule has 17 heavy (non-hydrogen) atoms. The van der Waals surface area contributed by atoms with E-state index in [9.17, 15) is 0 Å². The van der Waals surface area contributed by atoms with Gasteiger partial charge in [-0.3, -0.25) is 0 Å². The smallest absolute Gasteiger partial charge is 0.321 e. The lowest BCUT2D eigenvalue weighted by Crippen LogP contribution is -2.02. The summed E-state index contributed by atoms with van der Waals surface area (Å²) in [6.07, 6.45) is 0. The highest BCUT2D eigenvalue weighted by molar-refractivity contribution is 7.99. The van der Waals surface area contributed by atoms with Crippen LogP contribution in [0.2, 0.25) is 0 Å². The van der Waals surface area contributed by atoms with Crippen molar-refractivity contribution in [1.29, 1.82) is 0 Å². The van der Waals surface area contributed by atoms with Gasteiger partial charge in [-0.2, -0.15) is 15.0 Å². The van der Waals surface area contributed by atoms with Crippen molar-refractivity contribution in [3.63, 3.8) is 0 Å². The lowest BCUT2D eigenvalue weighted by Gasteiger charge is -2.04. The van der Waals surface area contributed by atoms with Gasteiger partial charge in [-0.05, 0) is 23.9 Å². The van der Waals surface area contributed by atoms with Gasteiger partial charge in [-0.15, -0.1) is 0 Å². The third-order valence-corrected chi connectivity index (χ3v) is 2.83. The van der Waals surface area contributed by atoms with Gasteiger partial charge < -0.3 is 10.1 Å². The summed E-state index contributed by atoms with van der Waals surface area (Å²) in [5.41, 5.74) is 0. The molecule has 1 aromatic heterocycles. The van der Waals surface area contributed by atoms with E-state index in [4.69, 9.17) is 4.74 Å². The van der Waals surface area contributed by atoms with Crippen molar-refractivity contribution in [2.75, 3.05) is 19.5 Å². The first-order valence-corrected chi connectivity index (χ1v) is 5.84. The highest BCUT2D eigenvalue weighted by Crippen LogP contribution is 2.25. The van der Waals surface area contributed by atoms with E-state index < -0.39 is 0 Å². The van der Waals surface area contributed by atoms with Crippen LogP contribution in [0.4, 0.5) is 5.95 Å². The van der Waals surface area contributed by atoms with Crippen molar-refractivity contribution in [1.82, 2.24) is 15.0 Å². The molecule has 1 heterocycles. The zero-order valence-electron chi connectivity index (χ0n) is 9.54. The van der Waals surface area contributed by atoms with Crippen molar-refractivity contribution in [2.24, 2.45) is 0 Å². The Morgan fingerprint density at radius 2 is 1.88 bits per heavy atom. The molecule has 0 amide bonds. The van der Waals surface area contributed by atoms with E-state index >= 15 is 0 Å². The van der Waals surface area contributed by atoms with E-state index in [0.29, 0.717) is 17.1 Å². The van der Waals surface area contributed by atoms with Crippen LogP contribution in [0.3, 0.4) is 0 Å². The van der Waals surface area contributed by atoms with Crippen LogP contribution in [-0.4, -0.2) is 29.1 Å². The summed E-state index contributed by atoms with van der Waals surface area (Å²) in [6.45, 7) is 0. The van der Waals surface area contributed by atoms with Crippen LogP contribution in [-0.2, 0) is 0 Å². The Hall–Kier alpha value is -1.82. The molecular formula is C11H12N4OS. The highest BCUT2D eigenvalue weighted by atomic mass is 32.2. The number of ether oxygens (including phenoxy) is 1. The van der Waals surface area contributed by atoms with E-state index in [1.807, 2.05) is 30.3 Å². The Morgan fingerprint density at radius 1 is 1.12 bits per heavy atom. The molecule has 0 aliphatic carbocycles. The van der Waals surface area contributed by atoms with Gasteiger partial charge in [0.05, 0.1) is 7.11 Å². The van der Waals surface area contributed by atoms with Gasteiger partial charge in [0, 0.05) is 11.9 Å². The van der Waals surface area contributed by atoms with Gasteiger partial charge in [0.15, 0.2) is 0 Å². The minimum absolute atomic E-state index is 0.308. The van der Waals surface area contributed by atoms with Gasteiger partial charge in [-0.25, -0.2) is 0 Å². The average molecular weight is 248 g/mol. The maximum atomic E-state index is 5.02. The van der Waals surface area contributed by atoms with Crippen molar-refractivity contribution < 1.29 is 4.74 Å². The van der Waals surface area contributed by atoms with E-state index in [0.717, 1.165) is 4.90 Å². The number of hydrogen-bond donors (Lipinski definition) is 1. The van der Waals surface area contributed by atoms with Crippen molar-refractivity contribution in [3.05, 3.63) is 30.3 Å². The molecular weight excluding hydrogens is 236 g/mol. The molecule has 0 saturated heterocycles. The van der Waals surface area contributed by atoms with Crippen LogP contribution in [0.15, 0.2) is 40.4 Å². The minimum atomic E-state index is 0.308. The summed E-state index contributed by atoms with van der Waals surface area (Å²) in [6, 6.07) is 10.2. The highest BCUT2D eigenvalue weighted by Gasteiger charge is 2.06. The first-order valence-electron chi connectivity index (χ1n) is 5.02. The normalized spacial score (nSPS) is 10.0. The molecule has 1 N–H and O–H groups in total. The molecule has 0 spiro atoms. The van der Waals surface area contributed by atoms with Gasteiger partial charge in [0.25, 0.3) is 0 Å². The number of methoxy groups -OCH3 is 1. The number of hydrogen-bond acceptors (Lipinski definition) is 6. The van der Waals surface area contributed by atoms with Gasteiger partial charge >= 0.3 is 6.01 Å². The molecule has 0 atom stereocenters. The molecule has 0 fully saturated rings. The number of anilines is 1. The second kappa shape index (κ2) is 5.49. The van der Waals surface area contributed by atoms with E-state index in [1.165, 1.54) is 18.9 Å². The topological polar surface area (TPSA) is 59.9 Å². The zero-order chi connectivity index (χ0) is 12.1. The van der Waals surface area contributed by atoms with Crippen LogP contribution in [0, 0.1) is 0 Å². The molecule has 6 heteroatoms. The Morgan fingerprint density at radius 3 is 2.53 bits per heavy atom. The van der Waals surface area contributed by atoms with Crippen molar-refractivity contribution in [3.8, 4) is 6.01 Å². The summed E-state index contributed by atoms with van der Waals surface area (Å²) < 4.78 is 5.02. The lowest BCUT2D eigenvalue weighted by atomic mass is 10.4. The second-order valence-electron chi connectivity index (χ2n) is 3.09. The number of aromatic nitrogens is 3. The molecule has 5 nitrogen and oxygen atoms in total. The van der Waals surface area contributed by atoms with Gasteiger partial charge in [0.2, 0.25) is 11.1 Å². The molecule has 2 aromatic rings. The standard InChI is InChI=1S/C11H12N4OS/c1-12-9-13-10(16-2)15-11(14-9)17-8-6-4-3-5-7-8/h3-7H,1-2H3,(H,12,13,14,15). The first-order chi connectivity index (χ1) is 8.31. The zero-order valence-corrected chi connectivity index (χ0v) is 10.4. The fraction of sp³-hybridized carbons (Fsp3) is 0.182. The summed E-state index contributed by atoms with van der Waals surface area (Å²) >= 11 is 1.46. The molecule has 2 rings (SSSR count). The Kier molecular flexibility index (Phi) is 3.77. The second-order valence-corrected chi connectivity index (χ2v) is 4.13. The Bertz CT molecular complexity index is 470. The number of nitrogens with one attached hydrogen (secondary N) is 1. The lowest BCUT2D eigenvalue weighted by molar-refractivity contribution is 0.374. The number of nitrogens with zero attached hydrogens (tertiary/aromatic N) is 3. The number of benzene rings is 1. The maximum Gasteiger partial charge on any atom is 0.321 e. The molecule has 0 saturated carbocycles. The first kappa shape index (κ1) is 11.7. The van der Waals surface area contributed by atoms with Crippen LogP contribution in [0.5, 0.6) is 6.01 Å². The Balaban J connectivity index is 2.26. The van der Waals surface area contributed by atoms with Gasteiger partial charge in [0.1, 0.15) is 0 Å². The van der Waals surface area contributed by atoms with E-state index in [-0.39, 0.29) is 0 Å². The summed E-state index contributed by atoms with van der Waals surface area (Å²) in [7, 11) is 3.29. The van der Waals surface area contributed by atoms with E-state index in [1.54, 1.807) is 7.05 Å². The minimum Gasteiger partial charge on any atom is -0.467 e. The number of rotatable bonds is 4. The van der Waals surface area contributed by atoms with Crippen molar-refractivity contribution >= 4 is 17.7 Å². The molecule has 0 unspecified atom stereocenters. The molecule has 0 aliphatic rings. The van der Waals surface area contributed by atoms with Crippen LogP contribution in [0.25, 0.3) is 0 Å². The molecule has 0 bridgehead atoms. The van der Waals surface area contributed by atoms with Crippen molar-refractivity contribution in [2.45, 2.75) is 10.1 Å². The van der Waals surface area contributed by atoms with Gasteiger partial charge in [-0.1, -0.05) is 18.2 Å². The quantitative estimate of drug-likeness (QED) is 0.893. The molecule has 0 radical (unpaired) electrons. The fourth-order valence-electron chi connectivity index (χ4n) is 1.18. The summed E-state index contributed by atoms with van der Waals surface area (Å²) in [4.78, 5) is 13.5. The third kappa shape index (κ3) is 3.07. The average Bonchev–Trinajstić information content (AvgIpc) is 2.39. The largest absolute Gasteiger partial charge is 0.467 e. The SMILES string of the molecule is CNc1nc(OC)nc(Sc2ccccc2)n1. The third-order valence-electron chi connectivity index (χ3n) is 1.95. The van der Waals surface area contributed by atoms with Crippen LogP contribution >= 0.6 is 11.8 Å². The monoisotopic (exact) mass is 248 g/mol. The molecule has 88 valence electrons. The molecule has 1 aromatic carbocycles. The fourth-order valence-corrected chi connectivity index (χ4v) is 1.94. The maximum absolute atomic E-state index is 5.02. The molecule has 0 aliphatic heterocycles. The van der Waals surface area contributed by atoms with E-state index in [2.05, 4.69) is 20.3 Å². The summed E-state index contributed by atoms with van der Waals surface area (Å²) in [5.74, 6) is 0.496. The Labute approximate surface area is 104 Å². The summed E-state index contributed by atoms with van der Waals surface area (Å²) in [5, 5.41) is 3.48. The predicted octanol–water partition coefficient (Wildman–Crippen LogP) is 2.07. The predicted molar refractivity (Wildman–Crippen MR) is 66.5 cm³/mol. The van der Waals surface area contributed by atoms with Crippen LogP contribution in [0.1, 0.15) is 0 Å². The van der Waals surface area contributed by atoms with Crippen LogP contribution < -0.4 is 10.1 Å².